The average molecular weight is 214 g/mol. The molecule has 0 amide bonds. The molecule has 1 saturated carbocycles. The molecule has 16 heavy (non-hydrogen) atoms. The minimum Gasteiger partial charge on any atom is -0.309 e. The van der Waals surface area contributed by atoms with E-state index in [0.717, 1.165) is 25.0 Å². The fourth-order valence-electron chi connectivity index (χ4n) is 3.21. The average Bonchev–Trinajstić information content (AvgIpc) is 2.89. The van der Waals surface area contributed by atoms with Gasteiger partial charge in [0.15, 0.2) is 0 Å². The highest BCUT2D eigenvalue weighted by molar-refractivity contribution is 5.34. The first kappa shape index (κ1) is 9.20. The Labute approximate surface area is 96.6 Å². The van der Waals surface area contributed by atoms with Gasteiger partial charge in [0.05, 0.1) is 0 Å². The van der Waals surface area contributed by atoms with E-state index in [9.17, 15) is 0 Å². The normalized spacial score (nSPS) is 25.5. The lowest BCUT2D eigenvalue weighted by Gasteiger charge is -2.40. The number of nitrogens with one attached hydrogen (secondary N) is 1. The molecule has 2 heteroatoms. The maximum Gasteiger partial charge on any atom is 0.0234 e. The Morgan fingerprint density at radius 2 is 1.94 bits per heavy atom. The predicted molar refractivity (Wildman–Crippen MR) is 63.9 cm³/mol. The van der Waals surface area contributed by atoms with Gasteiger partial charge >= 0.3 is 0 Å². The zero-order valence-corrected chi connectivity index (χ0v) is 9.63. The Morgan fingerprint density at radius 1 is 1.12 bits per heavy atom. The first-order valence-electron chi connectivity index (χ1n) is 6.37. The summed E-state index contributed by atoms with van der Waals surface area (Å²) in [4.78, 5) is 2.59. The third-order valence-corrected chi connectivity index (χ3v) is 4.38. The smallest absolute Gasteiger partial charge is 0.0234 e. The van der Waals surface area contributed by atoms with Crippen LogP contribution in [0.25, 0.3) is 0 Å². The zero-order chi connectivity index (χ0) is 10.6. The maximum atomic E-state index is 3.41. The number of hydrogen-bond donors (Lipinski definition) is 1. The summed E-state index contributed by atoms with van der Waals surface area (Å²) in [5.41, 5.74) is 5.29. The second kappa shape index (κ2) is 3.08. The first-order chi connectivity index (χ1) is 7.83. The molecule has 1 aromatic rings. The van der Waals surface area contributed by atoms with Crippen molar-refractivity contribution in [3.8, 4) is 0 Å². The van der Waals surface area contributed by atoms with E-state index < -0.39 is 0 Å². The van der Waals surface area contributed by atoms with Crippen molar-refractivity contribution in [1.29, 1.82) is 0 Å². The van der Waals surface area contributed by atoms with Crippen LogP contribution in [0.4, 0.5) is 0 Å². The fourth-order valence-corrected chi connectivity index (χ4v) is 3.21. The van der Waals surface area contributed by atoms with Crippen LogP contribution in [-0.2, 0) is 19.6 Å². The molecule has 0 aromatic heterocycles. The van der Waals surface area contributed by atoms with E-state index >= 15 is 0 Å². The molecule has 0 radical (unpaired) electrons. The lowest BCUT2D eigenvalue weighted by atomic mass is 9.95. The third-order valence-electron chi connectivity index (χ3n) is 4.38. The molecule has 1 saturated heterocycles. The minimum atomic E-state index is 0.790. The van der Waals surface area contributed by atoms with Crippen LogP contribution in [0.2, 0.25) is 0 Å². The molecule has 2 aliphatic heterocycles. The van der Waals surface area contributed by atoms with Gasteiger partial charge < -0.3 is 5.32 Å². The highest BCUT2D eigenvalue weighted by Gasteiger charge is 2.51. The van der Waals surface area contributed by atoms with E-state index in [1.807, 2.05) is 0 Å². The topological polar surface area (TPSA) is 15.3 Å². The van der Waals surface area contributed by atoms with Crippen LogP contribution in [0.5, 0.6) is 0 Å². The lowest BCUT2D eigenvalue weighted by molar-refractivity contribution is 0.0739. The van der Waals surface area contributed by atoms with E-state index in [2.05, 4.69) is 28.4 Å². The van der Waals surface area contributed by atoms with Gasteiger partial charge in [-0.25, -0.2) is 0 Å². The molecule has 0 bridgehead atoms. The van der Waals surface area contributed by atoms with Crippen molar-refractivity contribution in [2.45, 2.75) is 32.5 Å². The number of hydrogen-bond acceptors (Lipinski definition) is 2. The van der Waals surface area contributed by atoms with Crippen molar-refractivity contribution < 1.29 is 0 Å². The highest BCUT2D eigenvalue weighted by atomic mass is 15.2. The SMILES string of the molecule is c1cc2c(cc1CN1CC3(CC3)C1)CNC2. The Balaban J connectivity index is 1.47. The van der Waals surface area contributed by atoms with Crippen LogP contribution in [0.15, 0.2) is 18.2 Å². The monoisotopic (exact) mass is 214 g/mol. The van der Waals surface area contributed by atoms with Gasteiger partial charge in [0.1, 0.15) is 0 Å². The van der Waals surface area contributed by atoms with Gasteiger partial charge in [-0.05, 0) is 34.9 Å². The summed E-state index contributed by atoms with van der Waals surface area (Å²) in [6.07, 6.45) is 2.97. The number of rotatable bonds is 2. The standard InChI is InChI=1S/C14H18N2/c1-2-12-6-15-7-13(12)5-11(1)8-16-9-14(10-16)3-4-14/h1-2,5,15H,3-4,6-10H2. The summed E-state index contributed by atoms with van der Waals surface area (Å²) in [6, 6.07) is 7.01. The van der Waals surface area contributed by atoms with Crippen LogP contribution in [-0.4, -0.2) is 18.0 Å². The van der Waals surface area contributed by atoms with Gasteiger partial charge in [-0.1, -0.05) is 18.2 Å². The summed E-state index contributed by atoms with van der Waals surface area (Å²) < 4.78 is 0. The number of fused-ring (bicyclic) bond motifs is 1. The number of benzene rings is 1. The summed E-state index contributed by atoms with van der Waals surface area (Å²) in [7, 11) is 0. The molecule has 0 unspecified atom stereocenters. The molecule has 1 N–H and O–H groups in total. The Morgan fingerprint density at radius 3 is 2.75 bits per heavy atom. The third kappa shape index (κ3) is 1.40. The van der Waals surface area contributed by atoms with Crippen molar-refractivity contribution in [2.75, 3.05) is 13.1 Å². The zero-order valence-electron chi connectivity index (χ0n) is 9.63. The quantitative estimate of drug-likeness (QED) is 0.808. The van der Waals surface area contributed by atoms with Gasteiger partial charge in [-0.2, -0.15) is 0 Å². The molecule has 4 rings (SSSR count). The van der Waals surface area contributed by atoms with Crippen molar-refractivity contribution in [1.82, 2.24) is 10.2 Å². The Kier molecular flexibility index (Phi) is 1.77. The van der Waals surface area contributed by atoms with Gasteiger partial charge in [0.25, 0.3) is 0 Å². The lowest BCUT2D eigenvalue weighted by Crippen LogP contribution is -2.47. The molecular formula is C14H18N2. The molecule has 2 fully saturated rings. The van der Waals surface area contributed by atoms with Gasteiger partial charge in [0.2, 0.25) is 0 Å². The van der Waals surface area contributed by atoms with Crippen molar-refractivity contribution in [2.24, 2.45) is 5.41 Å². The molecule has 2 nitrogen and oxygen atoms in total. The summed E-state index contributed by atoms with van der Waals surface area (Å²) in [5.74, 6) is 0. The van der Waals surface area contributed by atoms with Crippen molar-refractivity contribution in [3.05, 3.63) is 34.9 Å². The summed E-state index contributed by atoms with van der Waals surface area (Å²) in [5, 5.41) is 3.41. The van der Waals surface area contributed by atoms with Crippen LogP contribution in [0.3, 0.4) is 0 Å². The van der Waals surface area contributed by atoms with E-state index in [-0.39, 0.29) is 0 Å². The number of likely N-dealkylation sites (tertiary alicyclic amines) is 1. The van der Waals surface area contributed by atoms with Crippen molar-refractivity contribution in [3.63, 3.8) is 0 Å². The fraction of sp³-hybridized carbons (Fsp3) is 0.571. The molecule has 2 heterocycles. The molecule has 1 aliphatic carbocycles. The van der Waals surface area contributed by atoms with Crippen LogP contribution < -0.4 is 5.32 Å². The minimum absolute atomic E-state index is 0.790. The highest BCUT2D eigenvalue weighted by Crippen LogP contribution is 2.53. The van der Waals surface area contributed by atoms with Crippen LogP contribution in [0.1, 0.15) is 29.5 Å². The van der Waals surface area contributed by atoms with Gasteiger partial charge in [0, 0.05) is 32.7 Å². The van der Waals surface area contributed by atoms with Crippen molar-refractivity contribution >= 4 is 0 Å². The molecule has 3 aliphatic rings. The van der Waals surface area contributed by atoms with E-state index in [1.54, 1.807) is 0 Å². The second-order valence-corrected chi connectivity index (χ2v) is 5.85. The maximum absolute atomic E-state index is 3.41. The number of nitrogens with zero attached hydrogens (tertiary/aromatic N) is 1. The van der Waals surface area contributed by atoms with Crippen LogP contribution >= 0.6 is 0 Å². The molecule has 1 aromatic carbocycles. The molecule has 1 spiro atoms. The van der Waals surface area contributed by atoms with Gasteiger partial charge in [-0.15, -0.1) is 0 Å². The van der Waals surface area contributed by atoms with E-state index in [4.69, 9.17) is 0 Å². The van der Waals surface area contributed by atoms with Gasteiger partial charge in [-0.3, -0.25) is 4.90 Å². The summed E-state index contributed by atoms with van der Waals surface area (Å²) in [6.45, 7) is 5.98. The predicted octanol–water partition coefficient (Wildman–Crippen LogP) is 1.89. The second-order valence-electron chi connectivity index (χ2n) is 5.85. The summed E-state index contributed by atoms with van der Waals surface area (Å²) >= 11 is 0. The Hall–Kier alpha value is -0.860. The largest absolute Gasteiger partial charge is 0.309 e. The Bertz CT molecular complexity index is 426. The van der Waals surface area contributed by atoms with E-state index in [1.165, 1.54) is 42.6 Å². The first-order valence-corrected chi connectivity index (χ1v) is 6.37. The molecule has 84 valence electrons. The molecule has 0 atom stereocenters. The van der Waals surface area contributed by atoms with Crippen LogP contribution in [0, 0.1) is 5.41 Å². The van der Waals surface area contributed by atoms with E-state index in [0.29, 0.717) is 0 Å². The molecular weight excluding hydrogens is 196 g/mol.